The highest BCUT2D eigenvalue weighted by atomic mass is 16.5. The maximum absolute atomic E-state index is 12.7. The van der Waals surface area contributed by atoms with E-state index in [0.717, 1.165) is 35.4 Å². The van der Waals surface area contributed by atoms with Crippen LogP contribution in [0.4, 0.5) is 0 Å². The Kier molecular flexibility index (Phi) is 4.80. The van der Waals surface area contributed by atoms with E-state index in [1.54, 1.807) is 4.57 Å². The minimum absolute atomic E-state index is 0.252. The van der Waals surface area contributed by atoms with Gasteiger partial charge in [0.2, 0.25) is 5.88 Å². The molecule has 2 heterocycles. The lowest BCUT2D eigenvalue weighted by Gasteiger charge is -2.23. The van der Waals surface area contributed by atoms with Crippen molar-refractivity contribution in [3.63, 3.8) is 0 Å². The molecule has 0 bridgehead atoms. The molecule has 0 radical (unpaired) electrons. The Morgan fingerprint density at radius 3 is 2.64 bits per heavy atom. The molecule has 4 rings (SSSR count). The summed E-state index contributed by atoms with van der Waals surface area (Å²) >= 11 is 0. The first kappa shape index (κ1) is 18.5. The normalized spacial score (nSPS) is 12.6. The molecule has 3 aromatic rings. The topological polar surface area (TPSA) is 44.1 Å². The van der Waals surface area contributed by atoms with Crippen LogP contribution in [-0.2, 0) is 19.4 Å². The van der Waals surface area contributed by atoms with Crippen LogP contribution in [0.1, 0.15) is 36.1 Å². The highest BCUT2D eigenvalue weighted by Crippen LogP contribution is 2.33. The molecule has 0 fully saturated rings. The van der Waals surface area contributed by atoms with Crippen molar-refractivity contribution in [3.05, 3.63) is 75.2 Å². The number of nitrogens with zero attached hydrogens (tertiary/aromatic N) is 2. The smallest absolute Gasteiger partial charge is 0.351 e. The summed E-state index contributed by atoms with van der Waals surface area (Å²) in [6.07, 6.45) is 1.77. The van der Waals surface area contributed by atoms with Crippen molar-refractivity contribution in [3.8, 4) is 22.9 Å². The quantitative estimate of drug-likeness (QED) is 0.640. The number of rotatable bonds is 4. The monoisotopic (exact) mass is 374 g/mol. The summed E-state index contributed by atoms with van der Waals surface area (Å²) in [7, 11) is 0. The van der Waals surface area contributed by atoms with E-state index in [0.29, 0.717) is 18.3 Å². The maximum Gasteiger partial charge on any atom is 0.351 e. The second-order valence-corrected chi connectivity index (χ2v) is 8.07. The van der Waals surface area contributed by atoms with E-state index in [-0.39, 0.29) is 5.69 Å². The zero-order chi connectivity index (χ0) is 19.8. The van der Waals surface area contributed by atoms with E-state index in [1.807, 2.05) is 24.3 Å². The Morgan fingerprint density at radius 2 is 1.86 bits per heavy atom. The van der Waals surface area contributed by atoms with Crippen LogP contribution in [-0.4, -0.2) is 9.55 Å². The Morgan fingerprint density at radius 1 is 1.11 bits per heavy atom. The number of fused-ring (bicyclic) bond motifs is 3. The van der Waals surface area contributed by atoms with Crippen LogP contribution in [0.3, 0.4) is 0 Å². The van der Waals surface area contributed by atoms with Gasteiger partial charge in [0, 0.05) is 18.2 Å². The number of para-hydroxylation sites is 1. The number of aromatic nitrogens is 2. The molecule has 4 heteroatoms. The molecule has 0 spiro atoms. The lowest BCUT2D eigenvalue weighted by atomic mass is 9.93. The van der Waals surface area contributed by atoms with Crippen molar-refractivity contribution in [1.29, 1.82) is 0 Å². The third-order valence-electron chi connectivity index (χ3n) is 5.40. The molecular formula is C24H26N2O2. The van der Waals surface area contributed by atoms with Gasteiger partial charge in [-0.05, 0) is 67.0 Å². The second kappa shape index (κ2) is 7.27. The number of aryl methyl sites for hydroxylation is 3. The van der Waals surface area contributed by atoms with Gasteiger partial charge in [0.1, 0.15) is 5.75 Å². The minimum atomic E-state index is -0.252. The lowest BCUT2D eigenvalue weighted by molar-refractivity contribution is 0.444. The van der Waals surface area contributed by atoms with Crippen molar-refractivity contribution in [2.45, 2.75) is 47.1 Å². The van der Waals surface area contributed by atoms with E-state index in [9.17, 15) is 4.79 Å². The van der Waals surface area contributed by atoms with Gasteiger partial charge in [0.15, 0.2) is 0 Å². The van der Waals surface area contributed by atoms with Gasteiger partial charge in [-0.1, -0.05) is 38.1 Å². The Bertz CT molecular complexity index is 1100. The molecule has 1 aromatic heterocycles. The Hall–Kier alpha value is -2.88. The van der Waals surface area contributed by atoms with Crippen LogP contribution < -0.4 is 10.4 Å². The molecule has 0 aliphatic carbocycles. The summed E-state index contributed by atoms with van der Waals surface area (Å²) in [5.74, 6) is 1.65. The minimum Gasteiger partial charge on any atom is -0.439 e. The van der Waals surface area contributed by atoms with Gasteiger partial charge in [-0.3, -0.25) is 4.57 Å². The number of ether oxygens (including phenoxy) is 1. The third kappa shape index (κ3) is 3.47. The fraction of sp³-hybridized carbons (Fsp3) is 0.333. The van der Waals surface area contributed by atoms with Gasteiger partial charge in [0.25, 0.3) is 0 Å². The highest BCUT2D eigenvalue weighted by molar-refractivity contribution is 5.68. The summed E-state index contributed by atoms with van der Waals surface area (Å²) in [4.78, 5) is 16.9. The average Bonchev–Trinajstić information content (AvgIpc) is 2.64. The van der Waals surface area contributed by atoms with Gasteiger partial charge in [-0.15, -0.1) is 0 Å². The van der Waals surface area contributed by atoms with E-state index in [2.05, 4.69) is 50.9 Å². The highest BCUT2D eigenvalue weighted by Gasteiger charge is 2.20. The van der Waals surface area contributed by atoms with Crippen LogP contribution in [0.15, 0.2) is 47.3 Å². The first-order valence-electron chi connectivity index (χ1n) is 9.90. The Balaban J connectivity index is 1.77. The fourth-order valence-electron chi connectivity index (χ4n) is 3.85. The number of hydrogen-bond acceptors (Lipinski definition) is 3. The molecule has 0 saturated carbocycles. The van der Waals surface area contributed by atoms with Crippen molar-refractivity contribution in [2.24, 2.45) is 5.92 Å². The van der Waals surface area contributed by atoms with Crippen molar-refractivity contribution in [1.82, 2.24) is 9.55 Å². The van der Waals surface area contributed by atoms with Gasteiger partial charge in [-0.2, -0.15) is 4.98 Å². The van der Waals surface area contributed by atoms with Crippen LogP contribution >= 0.6 is 0 Å². The van der Waals surface area contributed by atoms with Crippen molar-refractivity contribution < 1.29 is 4.74 Å². The zero-order valence-electron chi connectivity index (χ0n) is 17.0. The molecule has 0 amide bonds. The molecule has 4 nitrogen and oxygen atoms in total. The number of benzene rings is 2. The van der Waals surface area contributed by atoms with E-state index < -0.39 is 0 Å². The molecule has 0 unspecified atom stereocenters. The van der Waals surface area contributed by atoms with Gasteiger partial charge < -0.3 is 4.74 Å². The van der Waals surface area contributed by atoms with Gasteiger partial charge in [-0.25, -0.2) is 4.79 Å². The molecule has 144 valence electrons. The molecule has 28 heavy (non-hydrogen) atoms. The maximum atomic E-state index is 12.7. The van der Waals surface area contributed by atoms with E-state index in [4.69, 9.17) is 4.74 Å². The third-order valence-corrected chi connectivity index (χ3v) is 5.40. The molecule has 0 atom stereocenters. The second-order valence-electron chi connectivity index (χ2n) is 8.07. The van der Waals surface area contributed by atoms with Crippen molar-refractivity contribution >= 4 is 0 Å². The van der Waals surface area contributed by atoms with Gasteiger partial charge >= 0.3 is 5.69 Å². The van der Waals surface area contributed by atoms with Crippen LogP contribution in [0.5, 0.6) is 11.6 Å². The molecule has 1 aliphatic heterocycles. The first-order chi connectivity index (χ1) is 13.4. The van der Waals surface area contributed by atoms with Crippen LogP contribution in [0, 0.1) is 19.8 Å². The number of hydrogen-bond donors (Lipinski definition) is 0. The summed E-state index contributed by atoms with van der Waals surface area (Å²) < 4.78 is 7.86. The summed E-state index contributed by atoms with van der Waals surface area (Å²) in [6, 6.07) is 14.3. The van der Waals surface area contributed by atoms with Gasteiger partial charge in [0.05, 0.1) is 5.69 Å². The lowest BCUT2D eigenvalue weighted by Crippen LogP contribution is -2.28. The van der Waals surface area contributed by atoms with E-state index in [1.165, 1.54) is 16.7 Å². The van der Waals surface area contributed by atoms with E-state index >= 15 is 0 Å². The fourth-order valence-corrected chi connectivity index (χ4v) is 3.85. The standard InChI is InChI=1S/C24H26N2O2/c1-15(2)11-19-7-5-6-8-22(19)28-23-14-21-20-13-17(4)16(3)12-18(20)9-10-26(21)24(27)25-23/h5-8,12-15H,9-11H2,1-4H3. The predicted molar refractivity (Wildman–Crippen MR) is 112 cm³/mol. The Labute approximate surface area is 165 Å². The van der Waals surface area contributed by atoms with Crippen LogP contribution in [0.25, 0.3) is 11.3 Å². The molecule has 2 aromatic carbocycles. The average molecular weight is 374 g/mol. The first-order valence-corrected chi connectivity index (χ1v) is 9.90. The summed E-state index contributed by atoms with van der Waals surface area (Å²) in [5.41, 5.74) is 6.65. The molecule has 0 N–H and O–H groups in total. The predicted octanol–water partition coefficient (Wildman–Crippen LogP) is 5.07. The summed E-state index contributed by atoms with van der Waals surface area (Å²) in [6.45, 7) is 9.25. The van der Waals surface area contributed by atoms with Crippen LogP contribution in [0.2, 0.25) is 0 Å². The SMILES string of the molecule is Cc1cc2c(cc1C)-c1cc(Oc3ccccc3CC(C)C)nc(=O)n1CC2. The largest absolute Gasteiger partial charge is 0.439 e. The zero-order valence-corrected chi connectivity index (χ0v) is 17.0. The van der Waals surface area contributed by atoms with Crippen molar-refractivity contribution in [2.75, 3.05) is 0 Å². The summed E-state index contributed by atoms with van der Waals surface area (Å²) in [5, 5.41) is 0. The molecular weight excluding hydrogens is 348 g/mol. The molecule has 1 aliphatic rings. The molecule has 0 saturated heterocycles.